The molecule has 1 N–H and O–H groups in total. The standard InChI is InChI=1S/C15H23NO2/c1-11(12-6-4-5-7-12)16-14-9-8-13(17-2)10-15(14)18-3/h8-12,16H,4-7H2,1-3H3. The largest absolute Gasteiger partial charge is 0.497 e. The topological polar surface area (TPSA) is 30.5 Å². The van der Waals surface area contributed by atoms with Crippen LogP contribution in [-0.4, -0.2) is 20.3 Å². The van der Waals surface area contributed by atoms with Crippen molar-refractivity contribution in [2.45, 2.75) is 38.6 Å². The Morgan fingerprint density at radius 1 is 1.17 bits per heavy atom. The maximum atomic E-state index is 5.41. The highest BCUT2D eigenvalue weighted by Crippen LogP contribution is 2.33. The first-order valence-corrected chi connectivity index (χ1v) is 6.73. The Morgan fingerprint density at radius 3 is 2.50 bits per heavy atom. The zero-order valence-corrected chi connectivity index (χ0v) is 11.5. The van der Waals surface area contributed by atoms with Crippen LogP contribution < -0.4 is 14.8 Å². The molecule has 2 rings (SSSR count). The molecular weight excluding hydrogens is 226 g/mol. The van der Waals surface area contributed by atoms with E-state index < -0.39 is 0 Å². The van der Waals surface area contributed by atoms with Gasteiger partial charge in [0.15, 0.2) is 0 Å². The molecule has 100 valence electrons. The van der Waals surface area contributed by atoms with Gasteiger partial charge in [0.25, 0.3) is 0 Å². The molecule has 3 heteroatoms. The minimum atomic E-state index is 0.495. The van der Waals surface area contributed by atoms with Crippen molar-refractivity contribution in [3.05, 3.63) is 18.2 Å². The van der Waals surface area contributed by atoms with Crippen LogP contribution in [0.4, 0.5) is 5.69 Å². The zero-order valence-electron chi connectivity index (χ0n) is 11.5. The number of rotatable bonds is 5. The van der Waals surface area contributed by atoms with Gasteiger partial charge in [-0.05, 0) is 37.8 Å². The monoisotopic (exact) mass is 249 g/mol. The van der Waals surface area contributed by atoms with Crippen LogP contribution in [0, 0.1) is 5.92 Å². The van der Waals surface area contributed by atoms with Crippen LogP contribution in [-0.2, 0) is 0 Å². The van der Waals surface area contributed by atoms with Crippen molar-refractivity contribution in [2.24, 2.45) is 5.92 Å². The summed E-state index contributed by atoms with van der Waals surface area (Å²) in [6, 6.07) is 6.41. The fourth-order valence-corrected chi connectivity index (χ4v) is 2.74. The number of ether oxygens (including phenoxy) is 2. The molecule has 1 atom stereocenters. The Kier molecular flexibility index (Phi) is 4.34. The maximum Gasteiger partial charge on any atom is 0.145 e. The SMILES string of the molecule is COc1ccc(NC(C)C2CCCC2)c(OC)c1. The number of hydrogen-bond acceptors (Lipinski definition) is 3. The lowest BCUT2D eigenvalue weighted by Crippen LogP contribution is -2.24. The smallest absolute Gasteiger partial charge is 0.145 e. The van der Waals surface area contributed by atoms with Crippen molar-refractivity contribution >= 4 is 5.69 Å². The molecule has 0 amide bonds. The normalized spacial score (nSPS) is 17.5. The van der Waals surface area contributed by atoms with Gasteiger partial charge in [0.05, 0.1) is 19.9 Å². The predicted octanol–water partition coefficient (Wildman–Crippen LogP) is 3.69. The fraction of sp³-hybridized carbons (Fsp3) is 0.600. The summed E-state index contributed by atoms with van der Waals surface area (Å²) in [4.78, 5) is 0. The average Bonchev–Trinajstić information content (AvgIpc) is 2.93. The molecule has 0 aliphatic heterocycles. The molecule has 1 unspecified atom stereocenters. The fourth-order valence-electron chi connectivity index (χ4n) is 2.74. The number of methoxy groups -OCH3 is 2. The van der Waals surface area contributed by atoms with Gasteiger partial charge in [0.1, 0.15) is 11.5 Å². The molecule has 1 saturated carbocycles. The van der Waals surface area contributed by atoms with Crippen molar-refractivity contribution in [2.75, 3.05) is 19.5 Å². The first kappa shape index (κ1) is 13.1. The highest BCUT2D eigenvalue weighted by atomic mass is 16.5. The van der Waals surface area contributed by atoms with E-state index in [0.29, 0.717) is 6.04 Å². The first-order valence-electron chi connectivity index (χ1n) is 6.73. The van der Waals surface area contributed by atoms with Gasteiger partial charge in [-0.15, -0.1) is 0 Å². The Labute approximate surface area is 109 Å². The molecule has 0 heterocycles. The Balaban J connectivity index is 2.07. The molecule has 1 aliphatic rings. The van der Waals surface area contributed by atoms with Crippen LogP contribution in [0.2, 0.25) is 0 Å². The van der Waals surface area contributed by atoms with Crippen LogP contribution in [0.1, 0.15) is 32.6 Å². The molecular formula is C15H23NO2. The Hall–Kier alpha value is -1.38. The highest BCUT2D eigenvalue weighted by Gasteiger charge is 2.22. The molecule has 1 aromatic carbocycles. The summed E-state index contributed by atoms with van der Waals surface area (Å²) in [5.41, 5.74) is 1.05. The van der Waals surface area contributed by atoms with E-state index in [9.17, 15) is 0 Å². The van der Waals surface area contributed by atoms with Crippen LogP contribution in [0.15, 0.2) is 18.2 Å². The zero-order chi connectivity index (χ0) is 13.0. The van der Waals surface area contributed by atoms with Gasteiger partial charge in [-0.25, -0.2) is 0 Å². The van der Waals surface area contributed by atoms with Crippen molar-refractivity contribution in [3.8, 4) is 11.5 Å². The number of hydrogen-bond donors (Lipinski definition) is 1. The molecule has 3 nitrogen and oxygen atoms in total. The second kappa shape index (κ2) is 5.98. The van der Waals surface area contributed by atoms with Crippen LogP contribution in [0.5, 0.6) is 11.5 Å². The van der Waals surface area contributed by atoms with Crippen molar-refractivity contribution in [1.82, 2.24) is 0 Å². The summed E-state index contributed by atoms with van der Waals surface area (Å²) in [5.74, 6) is 2.46. The summed E-state index contributed by atoms with van der Waals surface area (Å²) in [7, 11) is 3.36. The van der Waals surface area contributed by atoms with Crippen molar-refractivity contribution < 1.29 is 9.47 Å². The lowest BCUT2D eigenvalue weighted by molar-refractivity contribution is 0.394. The van der Waals surface area contributed by atoms with Gasteiger partial charge in [0, 0.05) is 12.1 Å². The third-order valence-corrected chi connectivity index (χ3v) is 3.90. The maximum absolute atomic E-state index is 5.41. The summed E-state index contributed by atoms with van der Waals surface area (Å²) < 4.78 is 10.6. The minimum Gasteiger partial charge on any atom is -0.497 e. The predicted molar refractivity (Wildman–Crippen MR) is 74.6 cm³/mol. The van der Waals surface area contributed by atoms with Gasteiger partial charge >= 0.3 is 0 Å². The van der Waals surface area contributed by atoms with E-state index in [1.807, 2.05) is 18.2 Å². The van der Waals surface area contributed by atoms with Gasteiger partial charge in [0.2, 0.25) is 0 Å². The highest BCUT2D eigenvalue weighted by molar-refractivity contribution is 5.59. The number of anilines is 1. The summed E-state index contributed by atoms with van der Waals surface area (Å²) >= 11 is 0. The average molecular weight is 249 g/mol. The van der Waals surface area contributed by atoms with Crippen LogP contribution in [0.3, 0.4) is 0 Å². The van der Waals surface area contributed by atoms with Gasteiger partial charge in [-0.2, -0.15) is 0 Å². The summed E-state index contributed by atoms with van der Waals surface area (Å²) in [5, 5.41) is 3.57. The van der Waals surface area contributed by atoms with Gasteiger partial charge in [-0.3, -0.25) is 0 Å². The van der Waals surface area contributed by atoms with E-state index in [0.717, 1.165) is 23.1 Å². The van der Waals surface area contributed by atoms with Gasteiger partial charge in [-0.1, -0.05) is 12.8 Å². The molecule has 1 fully saturated rings. The van der Waals surface area contributed by atoms with Crippen molar-refractivity contribution in [3.63, 3.8) is 0 Å². The van der Waals surface area contributed by atoms with E-state index in [4.69, 9.17) is 9.47 Å². The third kappa shape index (κ3) is 2.89. The van der Waals surface area contributed by atoms with Crippen molar-refractivity contribution in [1.29, 1.82) is 0 Å². The third-order valence-electron chi connectivity index (χ3n) is 3.90. The lowest BCUT2D eigenvalue weighted by atomic mass is 9.99. The van der Waals surface area contributed by atoms with E-state index in [-0.39, 0.29) is 0 Å². The molecule has 0 bridgehead atoms. The van der Waals surface area contributed by atoms with E-state index in [1.165, 1.54) is 25.7 Å². The number of benzene rings is 1. The van der Waals surface area contributed by atoms with E-state index >= 15 is 0 Å². The minimum absolute atomic E-state index is 0.495. The molecule has 18 heavy (non-hydrogen) atoms. The molecule has 1 aliphatic carbocycles. The summed E-state index contributed by atoms with van der Waals surface area (Å²) in [6.07, 6.45) is 5.42. The number of nitrogens with one attached hydrogen (secondary N) is 1. The van der Waals surface area contributed by atoms with E-state index in [2.05, 4.69) is 12.2 Å². The van der Waals surface area contributed by atoms with Gasteiger partial charge < -0.3 is 14.8 Å². The molecule has 0 radical (unpaired) electrons. The molecule has 0 spiro atoms. The second-order valence-corrected chi connectivity index (χ2v) is 5.04. The molecule has 1 aromatic rings. The van der Waals surface area contributed by atoms with Crippen LogP contribution in [0.25, 0.3) is 0 Å². The summed E-state index contributed by atoms with van der Waals surface area (Å²) in [6.45, 7) is 2.26. The van der Waals surface area contributed by atoms with E-state index in [1.54, 1.807) is 14.2 Å². The second-order valence-electron chi connectivity index (χ2n) is 5.04. The molecule has 0 saturated heterocycles. The quantitative estimate of drug-likeness (QED) is 0.863. The Morgan fingerprint density at radius 2 is 1.89 bits per heavy atom. The Bertz CT molecular complexity index is 386. The molecule has 0 aromatic heterocycles. The van der Waals surface area contributed by atoms with Crippen LogP contribution >= 0.6 is 0 Å². The first-order chi connectivity index (χ1) is 8.74. The lowest BCUT2D eigenvalue weighted by Gasteiger charge is -2.23.